The summed E-state index contributed by atoms with van der Waals surface area (Å²) in [5.74, 6) is 1.59. The molecule has 1 aromatic heterocycles. The molecule has 0 bridgehead atoms. The average molecular weight is 560 g/mol. The minimum Gasteiger partial charge on any atom is -0.234 e. The van der Waals surface area contributed by atoms with Crippen molar-refractivity contribution in [1.82, 2.24) is 4.57 Å². The van der Waals surface area contributed by atoms with E-state index in [9.17, 15) is 0 Å². The molecule has 0 amide bonds. The van der Waals surface area contributed by atoms with E-state index in [-0.39, 0.29) is 0 Å². The Morgan fingerprint density at radius 2 is 0.775 bits per heavy atom. The van der Waals surface area contributed by atoms with Gasteiger partial charge in [-0.25, -0.2) is 9.13 Å². The minimum atomic E-state index is 1.18. The highest BCUT2D eigenvalue weighted by molar-refractivity contribution is 4.84. The van der Waals surface area contributed by atoms with Gasteiger partial charge in [0.2, 0.25) is 0 Å². The van der Waals surface area contributed by atoms with Crippen LogP contribution in [0.5, 0.6) is 0 Å². The lowest BCUT2D eigenvalue weighted by Crippen LogP contribution is -2.37. The second kappa shape index (κ2) is 29.7. The summed E-state index contributed by atoms with van der Waals surface area (Å²) in [5, 5.41) is 0. The Morgan fingerprint density at radius 3 is 1.15 bits per heavy atom. The Balaban J connectivity index is 2.04. The molecule has 0 aromatic carbocycles. The third-order valence-electron chi connectivity index (χ3n) is 9.06. The van der Waals surface area contributed by atoms with Crippen LogP contribution in [-0.4, -0.2) is 4.57 Å². The first-order valence-electron chi connectivity index (χ1n) is 18.9. The summed E-state index contributed by atoms with van der Waals surface area (Å²) in [6.45, 7) is 9.33. The van der Waals surface area contributed by atoms with Crippen molar-refractivity contribution in [1.29, 1.82) is 0 Å². The molecule has 0 fully saturated rings. The predicted molar refractivity (Wildman–Crippen MR) is 179 cm³/mol. The molecule has 2 heteroatoms. The van der Waals surface area contributed by atoms with Crippen LogP contribution in [0.4, 0.5) is 0 Å². The molecule has 0 radical (unpaired) electrons. The maximum absolute atomic E-state index is 2.60. The first-order valence-corrected chi connectivity index (χ1v) is 18.9. The van der Waals surface area contributed by atoms with E-state index in [1.165, 1.54) is 206 Å². The first-order chi connectivity index (χ1) is 19.8. The Hall–Kier alpha value is -0.790. The van der Waals surface area contributed by atoms with Crippen LogP contribution in [0.2, 0.25) is 0 Å². The van der Waals surface area contributed by atoms with Crippen LogP contribution in [0.25, 0.3) is 0 Å². The van der Waals surface area contributed by atoms with Gasteiger partial charge in [0, 0.05) is 6.42 Å². The maximum atomic E-state index is 2.60. The maximum Gasteiger partial charge on any atom is 0.256 e. The van der Waals surface area contributed by atoms with Gasteiger partial charge in [-0.2, -0.15) is 0 Å². The molecule has 1 aromatic rings. The molecular formula is C38H75N2+. The summed E-state index contributed by atoms with van der Waals surface area (Å²) >= 11 is 0. The standard InChI is InChI=1S/C38H75N2/c1-4-7-9-11-13-15-17-19-21-23-25-27-29-31-33-38-39(34-6-3)36-37-40(38)35-32-30-28-26-24-22-20-18-16-14-12-10-8-5-2/h36-37H,4-35H2,1-3H3/q+1. The zero-order chi connectivity index (χ0) is 28.8. The van der Waals surface area contributed by atoms with Gasteiger partial charge in [-0.15, -0.1) is 0 Å². The molecule has 236 valence electrons. The van der Waals surface area contributed by atoms with Crippen LogP contribution in [0.1, 0.15) is 213 Å². The highest BCUT2D eigenvalue weighted by Gasteiger charge is 2.15. The van der Waals surface area contributed by atoms with Gasteiger partial charge in [0.25, 0.3) is 5.82 Å². The summed E-state index contributed by atoms with van der Waals surface area (Å²) in [5.41, 5.74) is 0. The SMILES string of the molecule is CCCCCCCCCCCCCCCCc1n(CCCCCCCCCCCCCCCC)cc[n+]1CCC. The third-order valence-corrected chi connectivity index (χ3v) is 9.06. The molecule has 0 atom stereocenters. The molecule has 2 nitrogen and oxygen atoms in total. The Labute approximate surface area is 253 Å². The Bertz CT molecular complexity index is 619. The predicted octanol–water partition coefficient (Wildman–Crippen LogP) is 12.7. The molecule has 0 N–H and O–H groups in total. The lowest BCUT2D eigenvalue weighted by Gasteiger charge is -2.06. The van der Waals surface area contributed by atoms with Crippen LogP contribution in [0.3, 0.4) is 0 Å². The van der Waals surface area contributed by atoms with Crippen molar-refractivity contribution in [3.63, 3.8) is 0 Å². The zero-order valence-electron chi connectivity index (χ0n) is 28.2. The molecule has 0 unspecified atom stereocenters. The number of nitrogens with zero attached hydrogens (tertiary/aromatic N) is 2. The highest BCUT2D eigenvalue weighted by Crippen LogP contribution is 2.15. The fraction of sp³-hybridized carbons (Fsp3) is 0.921. The van der Waals surface area contributed by atoms with E-state index in [0.29, 0.717) is 0 Å². The van der Waals surface area contributed by atoms with Crippen LogP contribution in [0, 0.1) is 0 Å². The summed E-state index contributed by atoms with van der Waals surface area (Å²) in [4.78, 5) is 0. The Morgan fingerprint density at radius 1 is 0.425 bits per heavy atom. The molecule has 1 heterocycles. The molecule has 0 aliphatic rings. The molecule has 0 saturated heterocycles. The van der Waals surface area contributed by atoms with Crippen molar-refractivity contribution >= 4 is 0 Å². The van der Waals surface area contributed by atoms with E-state index in [2.05, 4.69) is 42.3 Å². The first kappa shape index (κ1) is 37.2. The summed E-state index contributed by atoms with van der Waals surface area (Å²) in [7, 11) is 0. The van der Waals surface area contributed by atoms with Crippen LogP contribution < -0.4 is 4.57 Å². The summed E-state index contributed by atoms with van der Waals surface area (Å²) in [6, 6.07) is 0. The van der Waals surface area contributed by atoms with Gasteiger partial charge in [-0.1, -0.05) is 181 Å². The number of unbranched alkanes of at least 4 members (excludes halogenated alkanes) is 26. The minimum absolute atomic E-state index is 1.18. The van der Waals surface area contributed by atoms with Crippen LogP contribution in [0.15, 0.2) is 12.4 Å². The quantitative estimate of drug-likeness (QED) is 0.0613. The fourth-order valence-electron chi connectivity index (χ4n) is 6.39. The summed E-state index contributed by atoms with van der Waals surface area (Å²) < 4.78 is 5.14. The molecule has 40 heavy (non-hydrogen) atoms. The number of hydrogen-bond donors (Lipinski definition) is 0. The monoisotopic (exact) mass is 560 g/mol. The van der Waals surface area contributed by atoms with Crippen molar-refractivity contribution in [3.05, 3.63) is 18.2 Å². The highest BCUT2D eigenvalue weighted by atomic mass is 15.1. The van der Waals surface area contributed by atoms with Crippen LogP contribution >= 0.6 is 0 Å². The van der Waals surface area contributed by atoms with E-state index < -0.39 is 0 Å². The van der Waals surface area contributed by atoms with Crippen molar-refractivity contribution in [2.45, 2.75) is 226 Å². The molecule has 0 saturated carbocycles. The topological polar surface area (TPSA) is 8.81 Å². The normalized spacial score (nSPS) is 11.6. The second-order valence-electron chi connectivity index (χ2n) is 13.0. The lowest BCUT2D eigenvalue weighted by atomic mass is 10.0. The molecule has 0 aliphatic carbocycles. The second-order valence-corrected chi connectivity index (χ2v) is 13.0. The zero-order valence-corrected chi connectivity index (χ0v) is 28.2. The largest absolute Gasteiger partial charge is 0.256 e. The van der Waals surface area contributed by atoms with E-state index in [1.54, 1.807) is 5.82 Å². The van der Waals surface area contributed by atoms with E-state index in [1.807, 2.05) is 0 Å². The van der Waals surface area contributed by atoms with Gasteiger partial charge in [0.1, 0.15) is 12.4 Å². The smallest absolute Gasteiger partial charge is 0.234 e. The molecule has 1 rings (SSSR count). The number of imidazole rings is 1. The third kappa shape index (κ3) is 21.9. The van der Waals surface area contributed by atoms with Gasteiger partial charge < -0.3 is 0 Å². The van der Waals surface area contributed by atoms with E-state index in [0.717, 1.165) is 0 Å². The van der Waals surface area contributed by atoms with E-state index in [4.69, 9.17) is 0 Å². The number of aromatic nitrogens is 2. The van der Waals surface area contributed by atoms with Crippen molar-refractivity contribution in [2.24, 2.45) is 0 Å². The van der Waals surface area contributed by atoms with Gasteiger partial charge in [0.05, 0.1) is 13.1 Å². The Kier molecular flexibility index (Phi) is 27.6. The number of hydrogen-bond acceptors (Lipinski definition) is 0. The van der Waals surface area contributed by atoms with Gasteiger partial charge in [-0.05, 0) is 25.7 Å². The summed E-state index contributed by atoms with van der Waals surface area (Å²) in [6.07, 6.45) is 47.6. The van der Waals surface area contributed by atoms with Crippen molar-refractivity contribution in [2.75, 3.05) is 0 Å². The van der Waals surface area contributed by atoms with E-state index >= 15 is 0 Å². The average Bonchev–Trinajstić information content (AvgIpc) is 3.34. The van der Waals surface area contributed by atoms with Gasteiger partial charge in [0.15, 0.2) is 0 Å². The van der Waals surface area contributed by atoms with Gasteiger partial charge in [-0.3, -0.25) is 0 Å². The number of aryl methyl sites for hydroxylation is 2. The van der Waals surface area contributed by atoms with Crippen LogP contribution in [-0.2, 0) is 19.5 Å². The van der Waals surface area contributed by atoms with Gasteiger partial charge >= 0.3 is 0 Å². The fourth-order valence-corrected chi connectivity index (χ4v) is 6.39. The van der Waals surface area contributed by atoms with Crippen molar-refractivity contribution < 1.29 is 4.57 Å². The number of rotatable bonds is 32. The lowest BCUT2D eigenvalue weighted by molar-refractivity contribution is -0.703. The van der Waals surface area contributed by atoms with Crippen molar-refractivity contribution in [3.8, 4) is 0 Å². The molecular weight excluding hydrogens is 484 g/mol. The molecule has 0 spiro atoms. The molecule has 0 aliphatic heterocycles.